The maximum atomic E-state index is 13.1. The number of piperidine rings is 1. The second-order valence-corrected chi connectivity index (χ2v) is 8.68. The summed E-state index contributed by atoms with van der Waals surface area (Å²) in [4.78, 5) is 23.3. The Bertz CT molecular complexity index is 1000. The topological polar surface area (TPSA) is 57.7 Å². The van der Waals surface area contributed by atoms with Crippen LogP contribution in [0.4, 0.5) is 5.69 Å². The number of likely N-dealkylation sites (tertiary alicyclic amines) is 1. The Morgan fingerprint density at radius 2 is 1.80 bits per heavy atom. The molecular formula is C23H24N4O2S. The van der Waals surface area contributed by atoms with E-state index in [1.807, 2.05) is 47.4 Å². The summed E-state index contributed by atoms with van der Waals surface area (Å²) in [6.45, 7) is 2.66. The molecule has 1 N–H and O–H groups in total. The van der Waals surface area contributed by atoms with E-state index in [2.05, 4.69) is 27.3 Å². The molecule has 2 aliphatic heterocycles. The molecule has 0 atom stereocenters. The van der Waals surface area contributed by atoms with Crippen molar-refractivity contribution in [3.8, 4) is 10.4 Å². The van der Waals surface area contributed by atoms with Gasteiger partial charge in [-0.25, -0.2) is 0 Å². The van der Waals surface area contributed by atoms with Gasteiger partial charge >= 0.3 is 0 Å². The first-order valence-corrected chi connectivity index (χ1v) is 11.0. The van der Waals surface area contributed by atoms with Crippen LogP contribution in [0.15, 0.2) is 67.0 Å². The Morgan fingerprint density at radius 1 is 1.03 bits per heavy atom. The average molecular weight is 421 g/mol. The molecule has 2 saturated heterocycles. The highest BCUT2D eigenvalue weighted by Crippen LogP contribution is 2.36. The third-order valence-electron chi connectivity index (χ3n) is 5.89. The molecule has 7 heteroatoms. The van der Waals surface area contributed by atoms with Gasteiger partial charge in [0.05, 0.1) is 11.5 Å². The van der Waals surface area contributed by atoms with Crippen LogP contribution in [-0.4, -0.2) is 48.0 Å². The van der Waals surface area contributed by atoms with E-state index in [1.54, 1.807) is 23.7 Å². The number of aromatic nitrogens is 1. The van der Waals surface area contributed by atoms with Crippen molar-refractivity contribution < 1.29 is 9.53 Å². The number of nitrogens with zero attached hydrogens (tertiary/aromatic N) is 3. The van der Waals surface area contributed by atoms with Crippen LogP contribution in [0, 0.1) is 0 Å². The number of rotatable bonds is 3. The van der Waals surface area contributed by atoms with Crippen LogP contribution in [0.3, 0.4) is 0 Å². The molecule has 1 spiro atoms. The Kier molecular flexibility index (Phi) is 5.25. The summed E-state index contributed by atoms with van der Waals surface area (Å²) in [5, 5.41) is 3.30. The molecule has 154 valence electrons. The van der Waals surface area contributed by atoms with E-state index < -0.39 is 0 Å². The molecule has 2 fully saturated rings. The standard InChI is InChI=1S/C23H24N4O2S/c28-22(21-7-6-20(30-21)18-8-12-24-13-9-18)26-14-10-23(11-15-26)27(16-25-17-29-23)19-4-2-1-3-5-19/h1-9,12-13,25H,10-11,14-17H2. The number of pyridine rings is 1. The number of carbonyl (C=O) groups is 1. The van der Waals surface area contributed by atoms with Gasteiger partial charge in [0.15, 0.2) is 0 Å². The van der Waals surface area contributed by atoms with Crippen LogP contribution in [0.2, 0.25) is 0 Å². The van der Waals surface area contributed by atoms with E-state index in [-0.39, 0.29) is 11.6 Å². The molecule has 0 unspecified atom stereocenters. The third-order valence-corrected chi connectivity index (χ3v) is 7.01. The number of ether oxygens (including phenoxy) is 1. The van der Waals surface area contributed by atoms with Crippen LogP contribution < -0.4 is 10.2 Å². The van der Waals surface area contributed by atoms with Crippen molar-refractivity contribution in [3.63, 3.8) is 0 Å². The summed E-state index contributed by atoms with van der Waals surface area (Å²) in [6.07, 6.45) is 5.13. The van der Waals surface area contributed by atoms with Gasteiger partial charge in [-0.15, -0.1) is 11.3 Å². The summed E-state index contributed by atoms with van der Waals surface area (Å²) in [6, 6.07) is 18.2. The average Bonchev–Trinajstić information content (AvgIpc) is 3.31. The van der Waals surface area contributed by atoms with E-state index in [0.717, 1.165) is 40.5 Å². The second kappa shape index (κ2) is 8.18. The highest BCUT2D eigenvalue weighted by atomic mass is 32.1. The van der Waals surface area contributed by atoms with E-state index >= 15 is 0 Å². The monoisotopic (exact) mass is 420 g/mol. The zero-order valence-electron chi connectivity index (χ0n) is 16.7. The van der Waals surface area contributed by atoms with E-state index in [1.165, 1.54) is 0 Å². The van der Waals surface area contributed by atoms with Crippen LogP contribution in [0.1, 0.15) is 22.5 Å². The highest BCUT2D eigenvalue weighted by molar-refractivity contribution is 7.17. The lowest BCUT2D eigenvalue weighted by molar-refractivity contribution is -0.109. The maximum Gasteiger partial charge on any atom is 0.263 e. The number of hydrogen-bond donors (Lipinski definition) is 1. The van der Waals surface area contributed by atoms with Gasteiger partial charge in [0.2, 0.25) is 0 Å². The molecule has 0 aliphatic carbocycles. The molecule has 0 saturated carbocycles. The molecule has 1 amide bonds. The molecule has 2 aliphatic rings. The molecule has 4 heterocycles. The fourth-order valence-corrected chi connectivity index (χ4v) is 5.23. The molecule has 0 bridgehead atoms. The Morgan fingerprint density at radius 3 is 2.57 bits per heavy atom. The van der Waals surface area contributed by atoms with Crippen molar-refractivity contribution >= 4 is 22.9 Å². The number of hydrogen-bond acceptors (Lipinski definition) is 6. The number of amides is 1. The lowest BCUT2D eigenvalue weighted by atomic mass is 9.96. The number of thiophene rings is 1. The van der Waals surface area contributed by atoms with Gasteiger partial charge in [0, 0.05) is 48.9 Å². The van der Waals surface area contributed by atoms with Gasteiger partial charge in [0.1, 0.15) is 12.5 Å². The lowest BCUT2D eigenvalue weighted by Crippen LogP contribution is -2.64. The van der Waals surface area contributed by atoms with Crippen LogP contribution in [0.25, 0.3) is 10.4 Å². The van der Waals surface area contributed by atoms with Gasteiger partial charge < -0.3 is 14.5 Å². The molecule has 2 aromatic heterocycles. The maximum absolute atomic E-state index is 13.1. The van der Waals surface area contributed by atoms with Gasteiger partial charge in [-0.05, 0) is 42.0 Å². The minimum absolute atomic E-state index is 0.107. The molecule has 3 aromatic rings. The third kappa shape index (κ3) is 3.60. The summed E-state index contributed by atoms with van der Waals surface area (Å²) in [7, 11) is 0. The first kappa shape index (κ1) is 19.2. The smallest absolute Gasteiger partial charge is 0.263 e. The molecule has 5 rings (SSSR count). The van der Waals surface area contributed by atoms with E-state index in [4.69, 9.17) is 4.74 Å². The van der Waals surface area contributed by atoms with Crippen LogP contribution in [-0.2, 0) is 4.74 Å². The quantitative estimate of drug-likeness (QED) is 0.699. The van der Waals surface area contributed by atoms with Crippen molar-refractivity contribution in [1.29, 1.82) is 0 Å². The lowest BCUT2D eigenvalue weighted by Gasteiger charge is -2.51. The number of carbonyl (C=O) groups excluding carboxylic acids is 1. The SMILES string of the molecule is O=C(c1ccc(-c2ccncc2)s1)N1CCC2(CC1)OCNCN2c1ccccc1. The largest absolute Gasteiger partial charge is 0.340 e. The van der Waals surface area contributed by atoms with Crippen molar-refractivity contribution in [2.45, 2.75) is 18.6 Å². The molecule has 0 radical (unpaired) electrons. The zero-order valence-corrected chi connectivity index (χ0v) is 17.5. The van der Waals surface area contributed by atoms with Gasteiger partial charge in [-0.2, -0.15) is 0 Å². The molecule has 1 aromatic carbocycles. The summed E-state index contributed by atoms with van der Waals surface area (Å²) in [5.41, 5.74) is 1.87. The minimum atomic E-state index is -0.360. The fraction of sp³-hybridized carbons (Fsp3) is 0.304. The summed E-state index contributed by atoms with van der Waals surface area (Å²) in [5.74, 6) is 0.107. The number of benzene rings is 1. The van der Waals surface area contributed by atoms with Gasteiger partial charge in [-0.3, -0.25) is 15.1 Å². The fourth-order valence-electron chi connectivity index (χ4n) is 4.25. The normalized spacial score (nSPS) is 18.5. The minimum Gasteiger partial charge on any atom is -0.340 e. The van der Waals surface area contributed by atoms with Crippen LogP contribution >= 0.6 is 11.3 Å². The Hall–Kier alpha value is -2.74. The molecule has 30 heavy (non-hydrogen) atoms. The van der Waals surface area contributed by atoms with Crippen LogP contribution in [0.5, 0.6) is 0 Å². The first-order valence-electron chi connectivity index (χ1n) is 10.2. The second-order valence-electron chi connectivity index (χ2n) is 7.60. The van der Waals surface area contributed by atoms with Gasteiger partial charge in [0.25, 0.3) is 5.91 Å². The van der Waals surface area contributed by atoms with Crippen molar-refractivity contribution in [3.05, 3.63) is 71.9 Å². The highest BCUT2D eigenvalue weighted by Gasteiger charge is 2.44. The molecular weight excluding hydrogens is 396 g/mol. The summed E-state index contributed by atoms with van der Waals surface area (Å²) >= 11 is 1.54. The Labute approximate surface area is 180 Å². The first-order chi connectivity index (χ1) is 14.8. The zero-order chi connectivity index (χ0) is 20.4. The van der Waals surface area contributed by atoms with Gasteiger partial charge in [-0.1, -0.05) is 18.2 Å². The van der Waals surface area contributed by atoms with Crippen molar-refractivity contribution in [2.75, 3.05) is 31.4 Å². The van der Waals surface area contributed by atoms with Crippen molar-refractivity contribution in [2.24, 2.45) is 0 Å². The van der Waals surface area contributed by atoms with Crippen molar-refractivity contribution in [1.82, 2.24) is 15.2 Å². The molecule has 6 nitrogen and oxygen atoms in total. The predicted octanol–water partition coefficient (Wildman–Crippen LogP) is 3.78. The number of anilines is 1. The van der Waals surface area contributed by atoms with E-state index in [9.17, 15) is 4.79 Å². The number of nitrogens with one attached hydrogen (secondary N) is 1. The number of para-hydroxylation sites is 1. The summed E-state index contributed by atoms with van der Waals surface area (Å²) < 4.78 is 6.24. The predicted molar refractivity (Wildman–Crippen MR) is 118 cm³/mol. The Balaban J connectivity index is 1.29. The van der Waals surface area contributed by atoms with E-state index in [0.29, 0.717) is 19.8 Å².